The lowest BCUT2D eigenvalue weighted by Crippen LogP contribution is -2.42. The minimum atomic E-state index is -0.142. The van der Waals surface area contributed by atoms with Gasteiger partial charge in [0.2, 0.25) is 5.91 Å². The van der Waals surface area contributed by atoms with E-state index in [4.69, 9.17) is 4.74 Å². The van der Waals surface area contributed by atoms with Crippen molar-refractivity contribution >= 4 is 11.8 Å². The van der Waals surface area contributed by atoms with Crippen molar-refractivity contribution in [1.29, 1.82) is 0 Å². The molecule has 1 heterocycles. The molecule has 1 aliphatic rings. The molecule has 0 saturated heterocycles. The second kappa shape index (κ2) is 7.05. The van der Waals surface area contributed by atoms with Crippen LogP contribution in [-0.2, 0) is 16.0 Å². The van der Waals surface area contributed by atoms with Crippen LogP contribution in [-0.4, -0.2) is 49.6 Å². The van der Waals surface area contributed by atoms with Gasteiger partial charge in [0.05, 0.1) is 0 Å². The van der Waals surface area contributed by atoms with E-state index in [0.717, 1.165) is 17.5 Å². The summed E-state index contributed by atoms with van der Waals surface area (Å²) in [7, 11) is 0. The maximum absolute atomic E-state index is 12.3. The molecule has 108 valence electrons. The number of hydrogen-bond acceptors (Lipinski definition) is 3. The zero-order valence-electron chi connectivity index (χ0n) is 11.7. The van der Waals surface area contributed by atoms with Crippen LogP contribution < -0.4 is 5.32 Å². The second-order valence-electron chi connectivity index (χ2n) is 4.69. The van der Waals surface area contributed by atoms with Gasteiger partial charge in [0.25, 0.3) is 5.91 Å². The Labute approximate surface area is 118 Å². The molecule has 1 aliphatic heterocycles. The van der Waals surface area contributed by atoms with Crippen molar-refractivity contribution in [2.45, 2.75) is 13.3 Å². The molecule has 0 radical (unpaired) electrons. The van der Waals surface area contributed by atoms with E-state index in [0.29, 0.717) is 26.2 Å². The van der Waals surface area contributed by atoms with Crippen molar-refractivity contribution < 1.29 is 14.3 Å². The SMILES string of the molecule is CCOCC(=O)NCCN1CCc2ccccc2C1=O. The molecule has 0 bridgehead atoms. The highest BCUT2D eigenvalue weighted by molar-refractivity contribution is 5.96. The number of nitrogens with one attached hydrogen (secondary N) is 1. The molecule has 1 aromatic carbocycles. The summed E-state index contributed by atoms with van der Waals surface area (Å²) in [6, 6.07) is 7.69. The van der Waals surface area contributed by atoms with E-state index in [2.05, 4.69) is 5.32 Å². The minimum absolute atomic E-state index is 0.0471. The lowest BCUT2D eigenvalue weighted by atomic mass is 9.99. The second-order valence-corrected chi connectivity index (χ2v) is 4.69. The Bertz CT molecular complexity index is 488. The van der Waals surface area contributed by atoms with Crippen LogP contribution >= 0.6 is 0 Å². The van der Waals surface area contributed by atoms with Crippen LogP contribution in [0.4, 0.5) is 0 Å². The molecule has 5 nitrogen and oxygen atoms in total. The summed E-state index contributed by atoms with van der Waals surface area (Å²) in [6.45, 7) is 4.14. The molecule has 20 heavy (non-hydrogen) atoms. The molecule has 0 spiro atoms. The van der Waals surface area contributed by atoms with Crippen LogP contribution in [0.15, 0.2) is 24.3 Å². The fourth-order valence-corrected chi connectivity index (χ4v) is 2.26. The Hall–Kier alpha value is -1.88. The van der Waals surface area contributed by atoms with Gasteiger partial charge < -0.3 is 15.0 Å². The van der Waals surface area contributed by atoms with E-state index in [1.54, 1.807) is 4.90 Å². The number of hydrogen-bond donors (Lipinski definition) is 1. The van der Waals surface area contributed by atoms with Gasteiger partial charge >= 0.3 is 0 Å². The first-order valence-electron chi connectivity index (χ1n) is 6.94. The predicted octanol–water partition coefficient (Wildman–Crippen LogP) is 0.838. The molecule has 1 aromatic rings. The smallest absolute Gasteiger partial charge is 0.254 e. The predicted molar refractivity (Wildman–Crippen MR) is 75.6 cm³/mol. The first-order chi connectivity index (χ1) is 9.72. The van der Waals surface area contributed by atoms with Gasteiger partial charge in [-0.05, 0) is 25.0 Å². The number of benzene rings is 1. The van der Waals surface area contributed by atoms with Crippen molar-refractivity contribution in [3.63, 3.8) is 0 Å². The van der Waals surface area contributed by atoms with E-state index >= 15 is 0 Å². The van der Waals surface area contributed by atoms with Crippen LogP contribution in [0.2, 0.25) is 0 Å². The number of carbonyl (C=O) groups excluding carboxylic acids is 2. The summed E-state index contributed by atoms with van der Waals surface area (Å²) in [5.41, 5.74) is 1.88. The summed E-state index contributed by atoms with van der Waals surface area (Å²) < 4.78 is 5.01. The van der Waals surface area contributed by atoms with Crippen molar-refractivity contribution in [3.8, 4) is 0 Å². The van der Waals surface area contributed by atoms with E-state index in [1.165, 1.54) is 0 Å². The van der Waals surface area contributed by atoms with Gasteiger partial charge in [-0.3, -0.25) is 9.59 Å². The van der Waals surface area contributed by atoms with Gasteiger partial charge in [0, 0.05) is 31.8 Å². The zero-order chi connectivity index (χ0) is 14.4. The van der Waals surface area contributed by atoms with E-state index in [1.807, 2.05) is 31.2 Å². The topological polar surface area (TPSA) is 58.6 Å². The van der Waals surface area contributed by atoms with Crippen LogP contribution in [0.1, 0.15) is 22.8 Å². The maximum atomic E-state index is 12.3. The molecule has 0 saturated carbocycles. The van der Waals surface area contributed by atoms with Gasteiger partial charge in [0.1, 0.15) is 6.61 Å². The van der Waals surface area contributed by atoms with Crippen LogP contribution in [0.5, 0.6) is 0 Å². The van der Waals surface area contributed by atoms with E-state index < -0.39 is 0 Å². The lowest BCUT2D eigenvalue weighted by molar-refractivity contribution is -0.125. The third-order valence-corrected chi connectivity index (χ3v) is 3.33. The Morgan fingerprint density at radius 3 is 3.00 bits per heavy atom. The quantitative estimate of drug-likeness (QED) is 0.837. The molecule has 1 N–H and O–H groups in total. The first-order valence-corrected chi connectivity index (χ1v) is 6.94. The molecule has 2 rings (SSSR count). The molecule has 0 aromatic heterocycles. The highest BCUT2D eigenvalue weighted by atomic mass is 16.5. The van der Waals surface area contributed by atoms with Crippen LogP contribution in [0, 0.1) is 0 Å². The van der Waals surface area contributed by atoms with E-state index in [9.17, 15) is 9.59 Å². The average molecular weight is 276 g/mol. The van der Waals surface area contributed by atoms with Crippen LogP contribution in [0.3, 0.4) is 0 Å². The normalized spacial score (nSPS) is 14.1. The molecule has 0 aliphatic carbocycles. The molecule has 0 fully saturated rings. The third kappa shape index (κ3) is 3.57. The monoisotopic (exact) mass is 276 g/mol. The molecule has 0 atom stereocenters. The molecule has 2 amide bonds. The fraction of sp³-hybridized carbons (Fsp3) is 0.467. The Kier molecular flexibility index (Phi) is 5.12. The summed E-state index contributed by atoms with van der Waals surface area (Å²) in [5, 5.41) is 2.75. The summed E-state index contributed by atoms with van der Waals surface area (Å²) in [4.78, 5) is 25.4. The lowest BCUT2D eigenvalue weighted by Gasteiger charge is -2.28. The molecular weight excluding hydrogens is 256 g/mol. The maximum Gasteiger partial charge on any atom is 0.254 e. The summed E-state index contributed by atoms with van der Waals surface area (Å²) >= 11 is 0. The average Bonchev–Trinajstić information content (AvgIpc) is 2.48. The summed E-state index contributed by atoms with van der Waals surface area (Å²) in [5.74, 6) is -0.0948. The highest BCUT2D eigenvalue weighted by Crippen LogP contribution is 2.17. The van der Waals surface area contributed by atoms with Crippen LogP contribution in [0.25, 0.3) is 0 Å². The minimum Gasteiger partial charge on any atom is -0.372 e. The van der Waals surface area contributed by atoms with Gasteiger partial charge in [-0.15, -0.1) is 0 Å². The number of rotatable bonds is 6. The standard InChI is InChI=1S/C15H20N2O3/c1-2-20-11-14(18)16-8-10-17-9-7-12-5-3-4-6-13(12)15(17)19/h3-6H,2,7-11H2,1H3,(H,16,18). The number of carbonyl (C=O) groups is 2. The highest BCUT2D eigenvalue weighted by Gasteiger charge is 2.23. The Morgan fingerprint density at radius 2 is 2.20 bits per heavy atom. The first kappa shape index (κ1) is 14.5. The Morgan fingerprint density at radius 1 is 1.40 bits per heavy atom. The van der Waals surface area contributed by atoms with Crippen molar-refractivity contribution in [3.05, 3.63) is 35.4 Å². The third-order valence-electron chi connectivity index (χ3n) is 3.33. The van der Waals surface area contributed by atoms with Crippen molar-refractivity contribution in [1.82, 2.24) is 10.2 Å². The number of amides is 2. The fourth-order valence-electron chi connectivity index (χ4n) is 2.26. The number of ether oxygens (including phenoxy) is 1. The largest absolute Gasteiger partial charge is 0.372 e. The van der Waals surface area contributed by atoms with Gasteiger partial charge in [-0.25, -0.2) is 0 Å². The zero-order valence-corrected chi connectivity index (χ0v) is 11.7. The van der Waals surface area contributed by atoms with Crippen molar-refractivity contribution in [2.24, 2.45) is 0 Å². The summed E-state index contributed by atoms with van der Waals surface area (Å²) in [6.07, 6.45) is 0.870. The Balaban J connectivity index is 1.81. The molecule has 5 heteroatoms. The van der Waals surface area contributed by atoms with Crippen molar-refractivity contribution in [2.75, 3.05) is 32.8 Å². The number of fused-ring (bicyclic) bond motifs is 1. The van der Waals surface area contributed by atoms with Gasteiger partial charge in [-0.2, -0.15) is 0 Å². The number of nitrogens with zero attached hydrogens (tertiary/aromatic N) is 1. The van der Waals surface area contributed by atoms with Gasteiger partial charge in [0.15, 0.2) is 0 Å². The molecule has 0 unspecified atom stereocenters. The molecular formula is C15H20N2O3. The van der Waals surface area contributed by atoms with E-state index in [-0.39, 0.29) is 18.4 Å². The van der Waals surface area contributed by atoms with Gasteiger partial charge in [-0.1, -0.05) is 18.2 Å².